The number of sulfonamides is 1. The third kappa shape index (κ3) is 3.12. The van der Waals surface area contributed by atoms with Crippen molar-refractivity contribution in [1.82, 2.24) is 4.31 Å². The molecule has 1 aromatic heterocycles. The van der Waals surface area contributed by atoms with Gasteiger partial charge in [0, 0.05) is 17.6 Å². The minimum Gasteiger partial charge on any atom is -0.330 e. The van der Waals surface area contributed by atoms with Crippen LogP contribution in [0.1, 0.15) is 29.0 Å². The predicted molar refractivity (Wildman–Crippen MR) is 116 cm³/mol. The van der Waals surface area contributed by atoms with E-state index in [4.69, 9.17) is 0 Å². The van der Waals surface area contributed by atoms with Gasteiger partial charge in [0.15, 0.2) is 0 Å². The number of anilines is 1. The third-order valence-electron chi connectivity index (χ3n) is 5.03. The Bertz CT molecular complexity index is 1120. The number of benzene rings is 2. The summed E-state index contributed by atoms with van der Waals surface area (Å²) in [7, 11) is -1.82. The lowest BCUT2D eigenvalue weighted by atomic mass is 10.1. The molecule has 0 saturated heterocycles. The van der Waals surface area contributed by atoms with E-state index in [2.05, 4.69) is 0 Å². The first kappa shape index (κ1) is 18.8. The molecule has 1 aliphatic heterocycles. The van der Waals surface area contributed by atoms with E-state index in [1.165, 1.54) is 0 Å². The van der Waals surface area contributed by atoms with Crippen LogP contribution in [-0.4, -0.2) is 19.8 Å². The first-order chi connectivity index (χ1) is 13.4. The van der Waals surface area contributed by atoms with Crippen molar-refractivity contribution in [2.24, 2.45) is 0 Å². The molecule has 4 rings (SSSR count). The van der Waals surface area contributed by atoms with Crippen LogP contribution in [0.2, 0.25) is 0 Å². The number of para-hydroxylation sites is 1. The van der Waals surface area contributed by atoms with Crippen molar-refractivity contribution < 1.29 is 8.42 Å². The summed E-state index contributed by atoms with van der Waals surface area (Å²) in [5.74, 6) is 0.644. The number of hydrogen-bond donors (Lipinski definition) is 0. The van der Waals surface area contributed by atoms with Crippen LogP contribution in [0.25, 0.3) is 6.08 Å². The molecule has 6 heteroatoms. The van der Waals surface area contributed by atoms with E-state index in [-0.39, 0.29) is 6.04 Å². The molecule has 0 amide bonds. The van der Waals surface area contributed by atoms with E-state index in [1.54, 1.807) is 27.8 Å². The second-order valence-corrected chi connectivity index (χ2v) is 9.69. The van der Waals surface area contributed by atoms with Crippen LogP contribution >= 0.6 is 11.3 Å². The van der Waals surface area contributed by atoms with Gasteiger partial charge in [0.2, 0.25) is 0 Å². The maximum absolute atomic E-state index is 13.6. The molecular formula is C22H22N2O2S2. The Labute approximate surface area is 170 Å². The molecule has 0 bridgehead atoms. The average Bonchev–Trinajstić information content (AvgIpc) is 3.17. The summed E-state index contributed by atoms with van der Waals surface area (Å²) in [6.07, 6.45) is 1.96. The SMILES string of the molecule is Cc1ccc(S(=O)(=O)N2C(N(C)c3ccccc3)=Cc3ccsc3C2C)cc1. The molecule has 1 aliphatic rings. The van der Waals surface area contributed by atoms with Crippen molar-refractivity contribution in [1.29, 1.82) is 0 Å². The normalized spacial score (nSPS) is 16.5. The number of fused-ring (bicyclic) bond motifs is 1. The van der Waals surface area contributed by atoms with E-state index in [9.17, 15) is 8.42 Å². The third-order valence-corrected chi connectivity index (χ3v) is 8.03. The van der Waals surface area contributed by atoms with Crippen molar-refractivity contribution in [2.75, 3.05) is 11.9 Å². The van der Waals surface area contributed by atoms with Gasteiger partial charge in [0.05, 0.1) is 10.9 Å². The molecule has 0 saturated carbocycles. The van der Waals surface area contributed by atoms with Gasteiger partial charge in [-0.05, 0) is 61.2 Å². The Hall–Kier alpha value is -2.57. The molecule has 0 aliphatic carbocycles. The molecule has 0 spiro atoms. The lowest BCUT2D eigenvalue weighted by molar-refractivity contribution is 0.399. The van der Waals surface area contributed by atoms with E-state index in [0.717, 1.165) is 21.7 Å². The fourth-order valence-corrected chi connectivity index (χ4v) is 6.12. The van der Waals surface area contributed by atoms with Crippen molar-refractivity contribution >= 4 is 33.1 Å². The van der Waals surface area contributed by atoms with Crippen LogP contribution in [0.15, 0.2) is 76.8 Å². The summed E-state index contributed by atoms with van der Waals surface area (Å²) in [6.45, 7) is 3.90. The summed E-state index contributed by atoms with van der Waals surface area (Å²) in [4.78, 5) is 3.29. The molecule has 1 unspecified atom stereocenters. The van der Waals surface area contributed by atoms with Crippen LogP contribution in [0.4, 0.5) is 5.69 Å². The Kier molecular flexibility index (Phi) is 4.77. The number of thiophene rings is 1. The molecule has 28 heavy (non-hydrogen) atoms. The van der Waals surface area contributed by atoms with Crippen LogP contribution < -0.4 is 4.90 Å². The smallest absolute Gasteiger partial charge is 0.266 e. The van der Waals surface area contributed by atoms with Crippen molar-refractivity contribution in [3.63, 3.8) is 0 Å². The fourth-order valence-electron chi connectivity index (χ4n) is 3.48. The van der Waals surface area contributed by atoms with Gasteiger partial charge in [-0.25, -0.2) is 12.7 Å². The Morgan fingerprint density at radius 1 is 1.00 bits per heavy atom. The topological polar surface area (TPSA) is 40.6 Å². The maximum atomic E-state index is 13.6. The molecule has 0 N–H and O–H groups in total. The Balaban J connectivity index is 1.87. The number of hydrogen-bond acceptors (Lipinski definition) is 4. The minimum absolute atomic E-state index is 0.285. The minimum atomic E-state index is -3.72. The highest BCUT2D eigenvalue weighted by Crippen LogP contribution is 2.42. The zero-order valence-corrected chi connectivity index (χ0v) is 17.7. The largest absolute Gasteiger partial charge is 0.330 e. The van der Waals surface area contributed by atoms with Crippen LogP contribution in [0.3, 0.4) is 0 Å². The van der Waals surface area contributed by atoms with Crippen molar-refractivity contribution in [3.05, 3.63) is 87.9 Å². The summed E-state index contributed by atoms with van der Waals surface area (Å²) in [6, 6.07) is 18.6. The Morgan fingerprint density at radius 3 is 2.36 bits per heavy atom. The predicted octanol–water partition coefficient (Wildman–Crippen LogP) is 5.26. The molecule has 3 aromatic rings. The van der Waals surface area contributed by atoms with Gasteiger partial charge in [-0.3, -0.25) is 0 Å². The molecule has 2 aromatic carbocycles. The van der Waals surface area contributed by atoms with Crippen LogP contribution in [-0.2, 0) is 10.0 Å². The average molecular weight is 411 g/mol. The second kappa shape index (κ2) is 7.11. The van der Waals surface area contributed by atoms with Gasteiger partial charge >= 0.3 is 0 Å². The fraction of sp³-hybridized carbons (Fsp3) is 0.182. The highest BCUT2D eigenvalue weighted by atomic mass is 32.2. The summed E-state index contributed by atoms with van der Waals surface area (Å²) in [5, 5.41) is 2.01. The first-order valence-corrected chi connectivity index (χ1v) is 11.4. The van der Waals surface area contributed by atoms with Gasteiger partial charge in [0.1, 0.15) is 5.82 Å². The molecule has 0 fully saturated rings. The number of nitrogens with zero attached hydrogens (tertiary/aromatic N) is 2. The Morgan fingerprint density at radius 2 is 1.68 bits per heavy atom. The van der Waals surface area contributed by atoms with Crippen molar-refractivity contribution in [3.8, 4) is 0 Å². The maximum Gasteiger partial charge on any atom is 0.266 e. The highest BCUT2D eigenvalue weighted by Gasteiger charge is 2.37. The monoisotopic (exact) mass is 410 g/mol. The highest BCUT2D eigenvalue weighted by molar-refractivity contribution is 7.89. The van der Waals surface area contributed by atoms with E-state index in [0.29, 0.717) is 10.7 Å². The summed E-state index contributed by atoms with van der Waals surface area (Å²) in [5.41, 5.74) is 3.04. The lowest BCUT2D eigenvalue weighted by Crippen LogP contribution is -2.41. The van der Waals surface area contributed by atoms with Crippen LogP contribution in [0, 0.1) is 6.92 Å². The van der Waals surface area contributed by atoms with Gasteiger partial charge in [-0.15, -0.1) is 11.3 Å². The zero-order chi connectivity index (χ0) is 19.9. The quantitative estimate of drug-likeness (QED) is 0.589. The number of rotatable bonds is 4. The van der Waals surface area contributed by atoms with Gasteiger partial charge < -0.3 is 4.90 Å². The number of aryl methyl sites for hydroxylation is 1. The van der Waals surface area contributed by atoms with Crippen LogP contribution in [0.5, 0.6) is 0 Å². The molecule has 144 valence electrons. The molecule has 4 nitrogen and oxygen atoms in total. The lowest BCUT2D eigenvalue weighted by Gasteiger charge is -2.39. The standard InChI is InChI=1S/C22H22N2O2S2/c1-16-9-11-20(12-10-16)28(25,26)24-17(2)22-18(13-14-27-22)15-21(24)23(3)19-7-5-4-6-8-19/h4-15,17H,1-3H3. The van der Waals surface area contributed by atoms with E-state index in [1.807, 2.05) is 85.8 Å². The van der Waals surface area contributed by atoms with Gasteiger partial charge in [-0.2, -0.15) is 0 Å². The van der Waals surface area contributed by atoms with Gasteiger partial charge in [0.25, 0.3) is 10.0 Å². The second-order valence-electron chi connectivity index (χ2n) is 6.93. The zero-order valence-electron chi connectivity index (χ0n) is 16.0. The van der Waals surface area contributed by atoms with Gasteiger partial charge in [-0.1, -0.05) is 35.9 Å². The molecule has 1 atom stereocenters. The van der Waals surface area contributed by atoms with E-state index >= 15 is 0 Å². The van der Waals surface area contributed by atoms with Crippen molar-refractivity contribution in [2.45, 2.75) is 24.8 Å². The summed E-state index contributed by atoms with van der Waals surface area (Å²) >= 11 is 1.59. The first-order valence-electron chi connectivity index (χ1n) is 9.08. The molecule has 0 radical (unpaired) electrons. The molecule has 2 heterocycles. The summed E-state index contributed by atoms with van der Waals surface area (Å²) < 4.78 is 28.8. The molecular weight excluding hydrogens is 388 g/mol. The van der Waals surface area contributed by atoms with E-state index < -0.39 is 10.0 Å².